The molecule has 0 bridgehead atoms. The Labute approximate surface area is 142 Å². The Kier molecular flexibility index (Phi) is 5.58. The van der Waals surface area contributed by atoms with Gasteiger partial charge >= 0.3 is 5.97 Å². The quantitative estimate of drug-likeness (QED) is 0.831. The van der Waals surface area contributed by atoms with Crippen molar-refractivity contribution in [2.24, 2.45) is 0 Å². The molecule has 0 aliphatic rings. The maximum Gasteiger partial charge on any atom is 0.340 e. The van der Waals surface area contributed by atoms with Crippen LogP contribution in [0.15, 0.2) is 42.5 Å². The van der Waals surface area contributed by atoms with E-state index < -0.39 is 23.8 Å². The Morgan fingerprint density at radius 1 is 1.13 bits per heavy atom. The van der Waals surface area contributed by atoms with Gasteiger partial charge in [-0.15, -0.1) is 0 Å². The molecule has 1 N–H and O–H groups in total. The molecule has 1 amide bonds. The standard InChI is InChI=1S/C16H12Cl2FNO3/c1-9(15(21)20-11-7-5-10(19)6-8-11)23-16(22)12-3-2-4-13(17)14(12)18/h2-9H,1H3,(H,20,21)/t9-/m1/s1. The van der Waals surface area contributed by atoms with Gasteiger partial charge in [-0.05, 0) is 43.3 Å². The molecule has 2 aromatic rings. The number of nitrogens with one attached hydrogen (secondary N) is 1. The van der Waals surface area contributed by atoms with Crippen LogP contribution in [0.2, 0.25) is 10.0 Å². The second kappa shape index (κ2) is 7.44. The zero-order valence-corrected chi connectivity index (χ0v) is 13.5. The van der Waals surface area contributed by atoms with Crippen LogP contribution in [0.25, 0.3) is 0 Å². The Morgan fingerprint density at radius 2 is 1.78 bits per heavy atom. The summed E-state index contributed by atoms with van der Waals surface area (Å²) in [6, 6.07) is 9.74. The van der Waals surface area contributed by atoms with Crippen molar-refractivity contribution >= 4 is 40.8 Å². The Hall–Kier alpha value is -2.11. The molecule has 2 rings (SSSR count). The predicted molar refractivity (Wildman–Crippen MR) is 86.4 cm³/mol. The normalized spacial score (nSPS) is 11.7. The molecule has 0 unspecified atom stereocenters. The molecule has 0 spiro atoms. The number of esters is 1. The van der Waals surface area contributed by atoms with E-state index in [1.807, 2.05) is 0 Å². The summed E-state index contributed by atoms with van der Waals surface area (Å²) in [5.41, 5.74) is 0.459. The average Bonchev–Trinajstić information content (AvgIpc) is 2.52. The molecule has 0 aliphatic heterocycles. The fraction of sp³-hybridized carbons (Fsp3) is 0.125. The second-order valence-electron chi connectivity index (χ2n) is 4.65. The van der Waals surface area contributed by atoms with Crippen molar-refractivity contribution in [3.8, 4) is 0 Å². The SMILES string of the molecule is C[C@@H](OC(=O)c1cccc(Cl)c1Cl)C(=O)Nc1ccc(F)cc1. The number of rotatable bonds is 4. The smallest absolute Gasteiger partial charge is 0.340 e. The van der Waals surface area contributed by atoms with Crippen LogP contribution in [0.1, 0.15) is 17.3 Å². The summed E-state index contributed by atoms with van der Waals surface area (Å²) in [5, 5.41) is 2.78. The highest BCUT2D eigenvalue weighted by Gasteiger charge is 2.21. The fourth-order valence-electron chi connectivity index (χ4n) is 1.72. The summed E-state index contributed by atoms with van der Waals surface area (Å²) in [4.78, 5) is 24.0. The lowest BCUT2D eigenvalue weighted by atomic mass is 10.2. The zero-order valence-electron chi connectivity index (χ0n) is 12.0. The maximum atomic E-state index is 12.8. The first kappa shape index (κ1) is 17.2. The van der Waals surface area contributed by atoms with Crippen molar-refractivity contribution in [2.45, 2.75) is 13.0 Å². The molecule has 0 saturated heterocycles. The van der Waals surface area contributed by atoms with E-state index >= 15 is 0 Å². The number of carbonyl (C=O) groups is 2. The van der Waals surface area contributed by atoms with Crippen LogP contribution < -0.4 is 5.32 Å². The molecule has 0 aliphatic carbocycles. The Balaban J connectivity index is 2.01. The van der Waals surface area contributed by atoms with Gasteiger partial charge in [-0.25, -0.2) is 9.18 Å². The average molecular weight is 356 g/mol. The minimum atomic E-state index is -1.07. The molecular weight excluding hydrogens is 344 g/mol. The number of anilines is 1. The largest absolute Gasteiger partial charge is 0.449 e. The molecule has 23 heavy (non-hydrogen) atoms. The van der Waals surface area contributed by atoms with Crippen LogP contribution in [0.5, 0.6) is 0 Å². The monoisotopic (exact) mass is 355 g/mol. The fourth-order valence-corrected chi connectivity index (χ4v) is 2.09. The third kappa shape index (κ3) is 4.43. The van der Waals surface area contributed by atoms with Crippen LogP contribution in [0.4, 0.5) is 10.1 Å². The lowest BCUT2D eigenvalue weighted by Gasteiger charge is -2.14. The van der Waals surface area contributed by atoms with E-state index in [1.165, 1.54) is 43.3 Å². The van der Waals surface area contributed by atoms with Gasteiger partial charge in [0, 0.05) is 5.69 Å². The van der Waals surface area contributed by atoms with Crippen LogP contribution in [-0.4, -0.2) is 18.0 Å². The summed E-state index contributed by atoms with van der Waals surface area (Å²) in [7, 11) is 0. The van der Waals surface area contributed by atoms with Gasteiger partial charge in [0.25, 0.3) is 5.91 Å². The topological polar surface area (TPSA) is 55.4 Å². The van der Waals surface area contributed by atoms with E-state index in [-0.39, 0.29) is 15.6 Å². The second-order valence-corrected chi connectivity index (χ2v) is 5.43. The molecular formula is C16H12Cl2FNO3. The summed E-state index contributed by atoms with van der Waals surface area (Å²) in [6.45, 7) is 1.41. The van der Waals surface area contributed by atoms with Gasteiger partial charge in [0.1, 0.15) is 5.82 Å². The van der Waals surface area contributed by atoms with Crippen molar-refractivity contribution in [1.29, 1.82) is 0 Å². The van der Waals surface area contributed by atoms with Gasteiger partial charge in [-0.2, -0.15) is 0 Å². The molecule has 1 atom stereocenters. The number of amides is 1. The van der Waals surface area contributed by atoms with Crippen molar-refractivity contribution in [2.75, 3.05) is 5.32 Å². The van der Waals surface area contributed by atoms with Crippen LogP contribution in [0, 0.1) is 5.82 Å². The summed E-state index contributed by atoms with van der Waals surface area (Å²) in [5.74, 6) is -1.74. The first-order chi connectivity index (χ1) is 10.9. The number of carbonyl (C=O) groups excluding carboxylic acids is 2. The van der Waals surface area contributed by atoms with Crippen LogP contribution >= 0.6 is 23.2 Å². The zero-order chi connectivity index (χ0) is 17.0. The van der Waals surface area contributed by atoms with Gasteiger partial charge in [0.05, 0.1) is 15.6 Å². The van der Waals surface area contributed by atoms with E-state index in [0.29, 0.717) is 5.69 Å². The highest BCUT2D eigenvalue weighted by atomic mass is 35.5. The van der Waals surface area contributed by atoms with E-state index in [0.717, 1.165) is 0 Å². The van der Waals surface area contributed by atoms with Crippen molar-refractivity contribution in [3.05, 3.63) is 63.9 Å². The summed E-state index contributed by atoms with van der Waals surface area (Å²) in [6.07, 6.45) is -1.07. The van der Waals surface area contributed by atoms with Gasteiger partial charge in [-0.1, -0.05) is 29.3 Å². The molecule has 0 saturated carbocycles. The van der Waals surface area contributed by atoms with Gasteiger partial charge in [0.15, 0.2) is 6.10 Å². The molecule has 0 fully saturated rings. The van der Waals surface area contributed by atoms with E-state index in [1.54, 1.807) is 6.07 Å². The highest BCUT2D eigenvalue weighted by Crippen LogP contribution is 2.26. The molecule has 0 aromatic heterocycles. The number of hydrogen-bond acceptors (Lipinski definition) is 3. The van der Waals surface area contributed by atoms with E-state index in [9.17, 15) is 14.0 Å². The first-order valence-corrected chi connectivity index (χ1v) is 7.35. The predicted octanol–water partition coefficient (Wildman–Crippen LogP) is 4.32. The maximum absolute atomic E-state index is 12.8. The van der Waals surface area contributed by atoms with Crippen molar-refractivity contribution in [1.82, 2.24) is 0 Å². The third-order valence-corrected chi connectivity index (χ3v) is 3.76. The first-order valence-electron chi connectivity index (χ1n) is 6.60. The molecule has 2 aromatic carbocycles. The Bertz CT molecular complexity index is 735. The number of ether oxygens (including phenoxy) is 1. The lowest BCUT2D eigenvalue weighted by molar-refractivity contribution is -0.123. The number of hydrogen-bond donors (Lipinski definition) is 1. The number of benzene rings is 2. The molecule has 4 nitrogen and oxygen atoms in total. The summed E-state index contributed by atoms with van der Waals surface area (Å²) < 4.78 is 17.9. The van der Waals surface area contributed by atoms with Crippen LogP contribution in [-0.2, 0) is 9.53 Å². The molecule has 7 heteroatoms. The third-order valence-electron chi connectivity index (χ3n) is 2.94. The van der Waals surface area contributed by atoms with Crippen molar-refractivity contribution in [3.63, 3.8) is 0 Å². The number of halogens is 3. The van der Waals surface area contributed by atoms with Gasteiger partial charge < -0.3 is 10.1 Å². The van der Waals surface area contributed by atoms with E-state index in [2.05, 4.69) is 5.32 Å². The minimum absolute atomic E-state index is 0.0605. The Morgan fingerprint density at radius 3 is 2.43 bits per heavy atom. The molecule has 120 valence electrons. The van der Waals surface area contributed by atoms with E-state index in [4.69, 9.17) is 27.9 Å². The minimum Gasteiger partial charge on any atom is -0.449 e. The lowest BCUT2D eigenvalue weighted by Crippen LogP contribution is -2.30. The molecule has 0 radical (unpaired) electrons. The van der Waals surface area contributed by atoms with Gasteiger partial charge in [0.2, 0.25) is 0 Å². The summed E-state index contributed by atoms with van der Waals surface area (Å²) >= 11 is 11.8. The molecule has 0 heterocycles. The highest BCUT2D eigenvalue weighted by molar-refractivity contribution is 6.43. The van der Waals surface area contributed by atoms with Gasteiger partial charge in [-0.3, -0.25) is 4.79 Å². The van der Waals surface area contributed by atoms with Crippen LogP contribution in [0.3, 0.4) is 0 Å². The van der Waals surface area contributed by atoms with Crippen molar-refractivity contribution < 1.29 is 18.7 Å².